The van der Waals surface area contributed by atoms with Crippen molar-refractivity contribution >= 4 is 101 Å². The number of carbonyl (C=O) groups is 17. The summed E-state index contributed by atoms with van der Waals surface area (Å²) in [6.45, 7) is 11.7. The van der Waals surface area contributed by atoms with Gasteiger partial charge in [0.05, 0.1) is 6.42 Å². The highest BCUT2D eigenvalue weighted by molar-refractivity contribution is 6.16. The van der Waals surface area contributed by atoms with Crippen molar-refractivity contribution in [3.8, 4) is 0 Å². The predicted molar refractivity (Wildman–Crippen MR) is 263 cm³/mol. The monoisotopic (exact) mass is 1090 g/mol. The maximum Gasteiger partial charge on any atom is 0.352 e. The van der Waals surface area contributed by atoms with Gasteiger partial charge in [0.1, 0.15) is 13.1 Å². The van der Waals surface area contributed by atoms with Crippen molar-refractivity contribution in [1.29, 1.82) is 0 Å². The Morgan fingerprint density at radius 1 is 0.429 bits per heavy atom. The Kier molecular flexibility index (Phi) is 32.3. The van der Waals surface area contributed by atoms with Gasteiger partial charge in [0, 0.05) is 126 Å². The Balaban J connectivity index is 0.000000918. The molecule has 420 valence electrons. The van der Waals surface area contributed by atoms with Crippen molar-refractivity contribution in [1.82, 2.24) is 45.5 Å². The number of amides is 15. The molecule has 0 aromatic heterocycles. The molecule has 0 aliphatic carbocycles. The molecule has 8 N–H and O–H groups in total. The summed E-state index contributed by atoms with van der Waals surface area (Å²) in [6, 6.07) is 0. The van der Waals surface area contributed by atoms with Crippen LogP contribution in [0.15, 0.2) is 60.8 Å². The second kappa shape index (κ2) is 36.7. The number of nitrogens with two attached hydrogens (primary N) is 2. The van der Waals surface area contributed by atoms with Crippen LogP contribution in [0.4, 0.5) is 0 Å². The predicted octanol–water partition coefficient (Wildman–Crippen LogP) is -4.24. The molecule has 0 atom stereocenters. The third kappa shape index (κ3) is 25.5. The lowest BCUT2D eigenvalue weighted by Gasteiger charge is -2.16. The van der Waals surface area contributed by atoms with Crippen LogP contribution in [0.5, 0.6) is 0 Å². The van der Waals surface area contributed by atoms with Crippen molar-refractivity contribution in [2.75, 3.05) is 65.4 Å². The Morgan fingerprint density at radius 2 is 0.675 bits per heavy atom. The van der Waals surface area contributed by atoms with Gasteiger partial charge in [-0.25, -0.2) is 4.79 Å². The fourth-order valence-electron chi connectivity index (χ4n) is 5.65. The highest BCUT2D eigenvalue weighted by atomic mass is 16.7. The van der Waals surface area contributed by atoms with E-state index in [1.165, 1.54) is 24.3 Å². The van der Waals surface area contributed by atoms with E-state index in [-0.39, 0.29) is 99.6 Å². The van der Waals surface area contributed by atoms with Crippen LogP contribution in [-0.2, 0) is 86.3 Å². The SMILES string of the molecule is CCN.CCN.CCNC(=O)CCN1C(=O)C=CC1=O.CCNC(=O)CCN1C(=O)C=CC1=O.CCNC(=O)CN1C(=O)C=CC1=O.O=C(CN1C(=O)C=CC1=O)ON1C(=O)CCC1=O.O=C(O)CCN1C(=O)C=CC1=O. The van der Waals surface area contributed by atoms with Crippen LogP contribution in [0.3, 0.4) is 0 Å². The molecule has 0 unspecified atom stereocenters. The van der Waals surface area contributed by atoms with E-state index < -0.39 is 65.7 Å². The average molecular weight is 1090 g/mol. The maximum absolute atomic E-state index is 11.4. The van der Waals surface area contributed by atoms with Crippen LogP contribution in [0.2, 0.25) is 0 Å². The number of imide groups is 6. The molecule has 0 aromatic carbocycles. The largest absolute Gasteiger partial charge is 0.481 e. The zero-order valence-electron chi connectivity index (χ0n) is 43.0. The number of carboxylic acids is 1. The van der Waals surface area contributed by atoms with Gasteiger partial charge >= 0.3 is 11.9 Å². The van der Waals surface area contributed by atoms with E-state index in [4.69, 9.17) is 16.6 Å². The van der Waals surface area contributed by atoms with Gasteiger partial charge in [-0.15, -0.1) is 5.06 Å². The minimum Gasteiger partial charge on any atom is -0.481 e. The minimum atomic E-state index is -1.03. The summed E-state index contributed by atoms with van der Waals surface area (Å²) < 4.78 is 0. The fraction of sp³-hybridized carbons (Fsp3) is 0.426. The first-order valence-corrected chi connectivity index (χ1v) is 23.5. The van der Waals surface area contributed by atoms with Crippen LogP contribution < -0.4 is 27.4 Å². The molecule has 30 heteroatoms. The molecule has 0 spiro atoms. The van der Waals surface area contributed by atoms with Crippen molar-refractivity contribution in [3.05, 3.63) is 60.8 Å². The van der Waals surface area contributed by atoms with Gasteiger partial charge < -0.3 is 37.4 Å². The van der Waals surface area contributed by atoms with E-state index >= 15 is 0 Å². The molecule has 1 saturated heterocycles. The first-order valence-electron chi connectivity index (χ1n) is 23.5. The van der Waals surface area contributed by atoms with Gasteiger partial charge in [0.15, 0.2) is 0 Å². The Hall–Kier alpha value is -9.19. The number of likely N-dealkylation sites (N-methyl/N-ethyl adjacent to an activating group) is 1. The van der Waals surface area contributed by atoms with Gasteiger partial charge in [-0.3, -0.25) is 101 Å². The van der Waals surface area contributed by atoms with Crippen LogP contribution in [-0.4, -0.2) is 201 Å². The summed E-state index contributed by atoms with van der Waals surface area (Å²) in [6.07, 6.45) is 11.5. The topological polar surface area (TPSA) is 427 Å². The summed E-state index contributed by atoms with van der Waals surface area (Å²) in [7, 11) is 0. The third-order valence-corrected chi connectivity index (χ3v) is 9.09. The number of aliphatic carboxylic acids is 1. The van der Waals surface area contributed by atoms with Crippen molar-refractivity contribution < 1.29 is 91.5 Å². The zero-order chi connectivity index (χ0) is 58.8. The molecule has 0 bridgehead atoms. The van der Waals surface area contributed by atoms with Crippen molar-refractivity contribution in [2.24, 2.45) is 11.5 Å². The molecule has 15 amide bonds. The first-order chi connectivity index (χ1) is 36.4. The van der Waals surface area contributed by atoms with Crippen molar-refractivity contribution in [3.63, 3.8) is 0 Å². The molecule has 30 nitrogen and oxygen atoms in total. The normalized spacial score (nSPS) is 15.5. The van der Waals surface area contributed by atoms with Crippen LogP contribution >= 0.6 is 0 Å². The van der Waals surface area contributed by atoms with E-state index in [0.717, 1.165) is 69.1 Å². The number of nitrogens with zero attached hydrogens (tertiary/aromatic N) is 6. The Bertz CT molecular complexity index is 2250. The molecular formula is C47H63N11O19. The number of nitrogens with one attached hydrogen (secondary N) is 3. The van der Waals surface area contributed by atoms with E-state index in [1.807, 2.05) is 27.7 Å². The van der Waals surface area contributed by atoms with Gasteiger partial charge in [-0.2, -0.15) is 0 Å². The van der Waals surface area contributed by atoms with Crippen LogP contribution in [0.25, 0.3) is 0 Å². The molecular weight excluding hydrogens is 1020 g/mol. The van der Waals surface area contributed by atoms with Gasteiger partial charge in [-0.1, -0.05) is 13.8 Å². The molecule has 6 rings (SSSR count). The third-order valence-electron chi connectivity index (χ3n) is 9.09. The van der Waals surface area contributed by atoms with E-state index in [2.05, 4.69) is 20.8 Å². The van der Waals surface area contributed by atoms with E-state index in [1.54, 1.807) is 6.92 Å². The number of hydrogen-bond acceptors (Lipinski definition) is 20. The number of carboxylic acid groups (broad SMARTS) is 1. The highest BCUT2D eigenvalue weighted by Gasteiger charge is 2.35. The van der Waals surface area contributed by atoms with E-state index in [9.17, 15) is 81.5 Å². The molecule has 6 heterocycles. The lowest BCUT2D eigenvalue weighted by Crippen LogP contribution is -2.40. The quantitative estimate of drug-likeness (QED) is 0.0752. The van der Waals surface area contributed by atoms with Gasteiger partial charge in [0.25, 0.3) is 70.9 Å². The van der Waals surface area contributed by atoms with Gasteiger partial charge in [-0.05, 0) is 33.9 Å². The van der Waals surface area contributed by atoms with E-state index in [0.29, 0.717) is 29.6 Å². The average Bonchev–Trinajstić information content (AvgIpc) is 4.21. The number of rotatable bonds is 17. The summed E-state index contributed by atoms with van der Waals surface area (Å²) >= 11 is 0. The zero-order valence-corrected chi connectivity index (χ0v) is 43.0. The summed E-state index contributed by atoms with van der Waals surface area (Å²) in [4.78, 5) is 196. The molecule has 6 aliphatic rings. The number of hydrogen-bond donors (Lipinski definition) is 6. The second-order valence-electron chi connectivity index (χ2n) is 15.0. The minimum absolute atomic E-state index is 0.0186. The van der Waals surface area contributed by atoms with Crippen LogP contribution in [0.1, 0.15) is 66.7 Å². The summed E-state index contributed by atoms with van der Waals surface area (Å²) in [5.41, 5.74) is 9.69. The molecule has 1 fully saturated rings. The lowest BCUT2D eigenvalue weighted by molar-refractivity contribution is -0.198. The summed E-state index contributed by atoms with van der Waals surface area (Å²) in [5, 5.41) is 16.3. The second-order valence-corrected chi connectivity index (χ2v) is 15.0. The Morgan fingerprint density at radius 3 is 0.948 bits per heavy atom. The first kappa shape index (κ1) is 67.8. The number of carbonyl (C=O) groups excluding carboxylic acids is 16. The van der Waals surface area contributed by atoms with Crippen molar-refractivity contribution in [2.45, 2.75) is 66.7 Å². The molecule has 77 heavy (non-hydrogen) atoms. The molecule has 6 aliphatic heterocycles. The molecule has 0 radical (unpaired) electrons. The Labute approximate surface area is 441 Å². The maximum atomic E-state index is 11.4. The lowest BCUT2D eigenvalue weighted by atomic mass is 10.3. The highest BCUT2D eigenvalue weighted by Crippen LogP contribution is 2.13. The van der Waals surface area contributed by atoms with Gasteiger partial charge in [0.2, 0.25) is 17.7 Å². The summed E-state index contributed by atoms with van der Waals surface area (Å²) in [5.74, 6) is -8.35. The smallest absolute Gasteiger partial charge is 0.352 e. The molecule has 0 aromatic rings. The number of hydroxylamine groups is 2. The molecule has 0 saturated carbocycles. The van der Waals surface area contributed by atoms with Crippen LogP contribution in [0, 0.1) is 0 Å². The standard InChI is InChI=1S/C10H8N2O6.2C9H12N2O3.C8H10N2O3.C7H7NO4.2C2H7N/c13-6-1-2-7(14)11(6)5-10(17)18-12-8(15)3-4-9(12)16;2*1-2-10-7(12)5-6-11-8(13)3-4-9(11)14;1-2-9-6(11)5-10-7(12)3-4-8(10)13;9-5-1-2-6(10)8(5)4-3-7(11)12;2*1-2-3/h1-2H,3-5H2;2*3-4H,2,5-6H2,1H3,(H,10,12);3-4H,2,5H2,1H3,(H,9,11);1-2H,3-4H2,(H,11,12);2*2-3H2,1H3. The fourth-order valence-corrected chi connectivity index (χ4v) is 5.65.